The van der Waals surface area contributed by atoms with E-state index in [0.717, 1.165) is 0 Å². The summed E-state index contributed by atoms with van der Waals surface area (Å²) in [5, 5.41) is 9.89. The summed E-state index contributed by atoms with van der Waals surface area (Å²) in [4.78, 5) is 26.7. The molecule has 0 aromatic carbocycles. The number of carbonyl (C=O) groups is 2. The Balaban J connectivity index is 1.96. The van der Waals surface area contributed by atoms with Crippen molar-refractivity contribution in [2.75, 3.05) is 12.4 Å². The molecule has 8 heteroatoms. The molecule has 0 aliphatic rings. The number of methoxy groups -OCH3 is 1. The summed E-state index contributed by atoms with van der Waals surface area (Å²) in [5.74, 6) is -0.895. The molecule has 0 saturated heterocycles. The number of amides is 1. The van der Waals surface area contributed by atoms with Crippen molar-refractivity contribution < 1.29 is 14.3 Å². The Morgan fingerprint density at radius 3 is 3.00 bits per heavy atom. The smallest absolute Gasteiger partial charge is 0.360 e. The minimum Gasteiger partial charge on any atom is -0.464 e. The fourth-order valence-electron chi connectivity index (χ4n) is 1.36. The highest BCUT2D eigenvalue weighted by Crippen LogP contribution is 2.03. The van der Waals surface area contributed by atoms with Gasteiger partial charge in [-0.05, 0) is 12.1 Å². The van der Waals surface area contributed by atoms with Crippen molar-refractivity contribution in [3.05, 3.63) is 36.4 Å². The molecule has 2 aromatic heterocycles. The summed E-state index contributed by atoms with van der Waals surface area (Å²) in [7, 11) is 1.25. The molecule has 8 nitrogen and oxygen atoms in total. The molecule has 0 aliphatic heterocycles. The summed E-state index contributed by atoms with van der Waals surface area (Å²) < 4.78 is 5.73. The fraction of sp³-hybridized carbons (Fsp3) is 0.182. The van der Waals surface area contributed by atoms with Gasteiger partial charge in [-0.15, -0.1) is 5.10 Å². The predicted molar refractivity (Wildman–Crippen MR) is 64.2 cm³/mol. The molecule has 0 atom stereocenters. The number of esters is 1. The lowest BCUT2D eigenvalue weighted by Gasteiger charge is -2.03. The maximum absolute atomic E-state index is 11.7. The minimum atomic E-state index is -0.598. The van der Waals surface area contributed by atoms with E-state index in [1.807, 2.05) is 0 Å². The fourth-order valence-corrected chi connectivity index (χ4v) is 1.36. The second-order valence-corrected chi connectivity index (χ2v) is 3.58. The normalized spacial score (nSPS) is 9.95. The average molecular weight is 261 g/mol. The Morgan fingerprint density at radius 2 is 2.32 bits per heavy atom. The molecule has 2 heterocycles. The Hall–Kier alpha value is -2.77. The molecule has 0 bridgehead atoms. The second-order valence-electron chi connectivity index (χ2n) is 3.58. The van der Waals surface area contributed by atoms with E-state index in [-0.39, 0.29) is 18.1 Å². The van der Waals surface area contributed by atoms with Crippen molar-refractivity contribution in [1.29, 1.82) is 0 Å². The number of hydrogen-bond acceptors (Lipinski definition) is 6. The van der Waals surface area contributed by atoms with Crippen molar-refractivity contribution in [1.82, 2.24) is 20.0 Å². The molecular formula is C11H11N5O3. The Bertz CT molecular complexity index is 581. The first-order chi connectivity index (χ1) is 9.19. The molecule has 19 heavy (non-hydrogen) atoms. The van der Waals surface area contributed by atoms with Crippen molar-refractivity contribution >= 4 is 17.6 Å². The van der Waals surface area contributed by atoms with Crippen LogP contribution >= 0.6 is 0 Å². The second kappa shape index (κ2) is 5.71. The summed E-state index contributed by atoms with van der Waals surface area (Å²) >= 11 is 0. The third-order valence-electron chi connectivity index (χ3n) is 2.18. The summed E-state index contributed by atoms with van der Waals surface area (Å²) in [6.07, 6.45) is 4.48. The maximum Gasteiger partial charge on any atom is 0.360 e. The van der Waals surface area contributed by atoms with Gasteiger partial charge >= 0.3 is 5.97 Å². The quantitative estimate of drug-likeness (QED) is 0.783. The number of anilines is 1. The van der Waals surface area contributed by atoms with E-state index in [1.165, 1.54) is 24.2 Å². The van der Waals surface area contributed by atoms with E-state index in [1.54, 1.807) is 18.3 Å². The number of carbonyl (C=O) groups excluding carboxylic acids is 2. The van der Waals surface area contributed by atoms with Crippen LogP contribution in [0, 0.1) is 0 Å². The van der Waals surface area contributed by atoms with Gasteiger partial charge in [-0.25, -0.2) is 9.48 Å². The van der Waals surface area contributed by atoms with Gasteiger partial charge in [0.15, 0.2) is 5.69 Å². The molecule has 0 radical (unpaired) electrons. The van der Waals surface area contributed by atoms with Crippen LogP contribution in [0.2, 0.25) is 0 Å². The van der Waals surface area contributed by atoms with Gasteiger partial charge in [-0.3, -0.25) is 9.78 Å². The molecular weight excluding hydrogens is 250 g/mol. The van der Waals surface area contributed by atoms with Crippen LogP contribution in [0.15, 0.2) is 30.7 Å². The van der Waals surface area contributed by atoms with Crippen LogP contribution in [-0.4, -0.2) is 39.0 Å². The first kappa shape index (κ1) is 12.7. The van der Waals surface area contributed by atoms with Gasteiger partial charge in [0.2, 0.25) is 5.91 Å². The number of rotatable bonds is 4. The van der Waals surface area contributed by atoms with Crippen LogP contribution in [0.3, 0.4) is 0 Å². The van der Waals surface area contributed by atoms with E-state index in [2.05, 4.69) is 25.3 Å². The average Bonchev–Trinajstić information content (AvgIpc) is 2.87. The number of nitrogens with zero attached hydrogens (tertiary/aromatic N) is 4. The zero-order valence-corrected chi connectivity index (χ0v) is 10.1. The highest BCUT2D eigenvalue weighted by atomic mass is 16.5. The van der Waals surface area contributed by atoms with E-state index in [0.29, 0.717) is 5.69 Å². The van der Waals surface area contributed by atoms with Crippen molar-refractivity contribution in [3.63, 3.8) is 0 Å². The monoisotopic (exact) mass is 261 g/mol. The van der Waals surface area contributed by atoms with Crippen LogP contribution in [0.4, 0.5) is 5.69 Å². The maximum atomic E-state index is 11.7. The van der Waals surface area contributed by atoms with Crippen LogP contribution in [0.25, 0.3) is 0 Å². The van der Waals surface area contributed by atoms with E-state index >= 15 is 0 Å². The van der Waals surface area contributed by atoms with Crippen molar-refractivity contribution in [2.45, 2.75) is 6.54 Å². The van der Waals surface area contributed by atoms with Gasteiger partial charge in [-0.1, -0.05) is 5.21 Å². The van der Waals surface area contributed by atoms with Gasteiger partial charge in [0.1, 0.15) is 6.54 Å². The van der Waals surface area contributed by atoms with E-state index in [9.17, 15) is 9.59 Å². The highest BCUT2D eigenvalue weighted by Gasteiger charge is 2.12. The first-order valence-corrected chi connectivity index (χ1v) is 5.37. The van der Waals surface area contributed by atoms with Gasteiger partial charge in [0, 0.05) is 6.20 Å². The number of aromatic nitrogens is 4. The molecule has 2 aromatic rings. The molecule has 0 fully saturated rings. The van der Waals surface area contributed by atoms with Crippen LogP contribution in [-0.2, 0) is 16.1 Å². The van der Waals surface area contributed by atoms with Crippen LogP contribution in [0.1, 0.15) is 10.5 Å². The molecule has 0 saturated carbocycles. The lowest BCUT2D eigenvalue weighted by molar-refractivity contribution is -0.116. The van der Waals surface area contributed by atoms with E-state index < -0.39 is 5.97 Å². The van der Waals surface area contributed by atoms with E-state index in [4.69, 9.17) is 0 Å². The molecule has 0 unspecified atom stereocenters. The lowest BCUT2D eigenvalue weighted by atomic mass is 10.4. The SMILES string of the molecule is COC(=O)c1cn(CC(=O)Nc2cccnc2)nn1. The van der Waals surface area contributed by atoms with Crippen molar-refractivity contribution in [2.24, 2.45) is 0 Å². The highest BCUT2D eigenvalue weighted by molar-refractivity contribution is 5.90. The zero-order chi connectivity index (χ0) is 13.7. The van der Waals surface area contributed by atoms with Crippen molar-refractivity contribution in [3.8, 4) is 0 Å². The van der Waals surface area contributed by atoms with Gasteiger partial charge in [0.25, 0.3) is 0 Å². The number of ether oxygens (including phenoxy) is 1. The standard InChI is InChI=1S/C11H11N5O3/c1-19-11(18)9-6-16(15-14-9)7-10(17)13-8-3-2-4-12-5-8/h2-6H,7H2,1H3,(H,13,17). The molecule has 0 spiro atoms. The molecule has 2 rings (SSSR count). The van der Waals surface area contributed by atoms with Gasteiger partial charge in [0.05, 0.1) is 25.2 Å². The third kappa shape index (κ3) is 3.35. The Morgan fingerprint density at radius 1 is 1.47 bits per heavy atom. The topological polar surface area (TPSA) is 99.0 Å². The van der Waals surface area contributed by atoms with Gasteiger partial charge in [-0.2, -0.15) is 0 Å². The number of hydrogen-bond donors (Lipinski definition) is 1. The zero-order valence-electron chi connectivity index (χ0n) is 10.1. The Labute approximate surface area is 108 Å². The van der Waals surface area contributed by atoms with Crippen LogP contribution < -0.4 is 5.32 Å². The minimum absolute atomic E-state index is 0.0525. The predicted octanol–water partition coefficient (Wildman–Crippen LogP) is 0.0984. The third-order valence-corrected chi connectivity index (χ3v) is 2.18. The summed E-state index contributed by atoms with van der Waals surface area (Å²) in [6, 6.07) is 3.42. The number of pyridine rings is 1. The van der Waals surface area contributed by atoms with Crippen LogP contribution in [0.5, 0.6) is 0 Å². The Kier molecular flexibility index (Phi) is 3.81. The first-order valence-electron chi connectivity index (χ1n) is 5.37. The summed E-state index contributed by atoms with van der Waals surface area (Å²) in [6.45, 7) is -0.0567. The lowest BCUT2D eigenvalue weighted by Crippen LogP contribution is -2.19. The number of nitrogens with one attached hydrogen (secondary N) is 1. The molecule has 1 amide bonds. The largest absolute Gasteiger partial charge is 0.464 e. The molecule has 0 aliphatic carbocycles. The molecule has 98 valence electrons. The van der Waals surface area contributed by atoms with Gasteiger partial charge < -0.3 is 10.1 Å². The summed E-state index contributed by atoms with van der Waals surface area (Å²) in [5.41, 5.74) is 0.637. The molecule has 1 N–H and O–H groups in total.